The van der Waals surface area contributed by atoms with Crippen LogP contribution in [-0.2, 0) is 15.6 Å². The first-order valence-corrected chi connectivity index (χ1v) is 11.4. The van der Waals surface area contributed by atoms with Crippen LogP contribution < -0.4 is 9.64 Å². The standard InChI is InChI=1S/C28H31N3O2/c1-18-13-20(21(16-29)17-30)14-22(33-18)8-7-19-15-23-25-24(26(19)32-6)28(4,5)10-12-31(25)11-9-27(23,2)3/h7-8,13-15H,9-12H2,1-6H3/b8-7+. The van der Waals surface area contributed by atoms with Crippen molar-refractivity contribution in [3.63, 3.8) is 0 Å². The molecule has 1 aromatic carbocycles. The first-order valence-electron chi connectivity index (χ1n) is 11.4. The van der Waals surface area contributed by atoms with Crippen molar-refractivity contribution < 1.29 is 9.47 Å². The van der Waals surface area contributed by atoms with Gasteiger partial charge in [0.2, 0.25) is 0 Å². The number of nitriles is 2. The van der Waals surface area contributed by atoms with Crippen LogP contribution in [0.2, 0.25) is 0 Å². The van der Waals surface area contributed by atoms with Crippen molar-refractivity contribution >= 4 is 11.8 Å². The lowest BCUT2D eigenvalue weighted by Crippen LogP contribution is -2.45. The number of nitrogens with zero attached hydrogens (tertiary/aromatic N) is 3. The van der Waals surface area contributed by atoms with Crippen LogP contribution in [0, 0.1) is 22.7 Å². The first kappa shape index (κ1) is 22.7. The Balaban J connectivity index is 1.87. The lowest BCUT2D eigenvalue weighted by molar-refractivity contribution is 0.318. The number of hydrogen-bond acceptors (Lipinski definition) is 5. The second-order valence-corrected chi connectivity index (χ2v) is 10.3. The van der Waals surface area contributed by atoms with Gasteiger partial charge in [0.15, 0.2) is 0 Å². The molecule has 0 saturated carbocycles. The monoisotopic (exact) mass is 441 g/mol. The zero-order valence-electron chi connectivity index (χ0n) is 20.4. The molecule has 0 atom stereocenters. The maximum absolute atomic E-state index is 9.25. The molecule has 5 nitrogen and oxygen atoms in total. The van der Waals surface area contributed by atoms with E-state index >= 15 is 0 Å². The van der Waals surface area contributed by atoms with Gasteiger partial charge in [0, 0.05) is 35.5 Å². The predicted octanol–water partition coefficient (Wildman–Crippen LogP) is 6.04. The Bertz CT molecular complexity index is 1190. The Morgan fingerprint density at radius 2 is 1.73 bits per heavy atom. The summed E-state index contributed by atoms with van der Waals surface area (Å²) in [4.78, 5) is 2.53. The number of allylic oxidation sites excluding steroid dienone is 6. The van der Waals surface area contributed by atoms with Gasteiger partial charge < -0.3 is 14.4 Å². The van der Waals surface area contributed by atoms with Crippen molar-refractivity contribution in [1.82, 2.24) is 0 Å². The Kier molecular flexibility index (Phi) is 5.62. The van der Waals surface area contributed by atoms with E-state index in [4.69, 9.17) is 9.47 Å². The lowest BCUT2D eigenvalue weighted by atomic mass is 9.68. The molecule has 5 heteroatoms. The molecule has 1 aromatic rings. The third-order valence-corrected chi connectivity index (χ3v) is 7.10. The van der Waals surface area contributed by atoms with E-state index < -0.39 is 0 Å². The molecule has 0 unspecified atom stereocenters. The molecule has 0 fully saturated rings. The zero-order valence-corrected chi connectivity index (χ0v) is 20.4. The second-order valence-electron chi connectivity index (χ2n) is 10.3. The fourth-order valence-electron chi connectivity index (χ4n) is 5.13. The molecule has 0 aromatic heterocycles. The van der Waals surface area contributed by atoms with Crippen LogP contribution in [0.3, 0.4) is 0 Å². The third-order valence-electron chi connectivity index (χ3n) is 7.10. The number of hydrogen-bond donors (Lipinski definition) is 0. The summed E-state index contributed by atoms with van der Waals surface area (Å²) < 4.78 is 11.9. The molecule has 0 aliphatic carbocycles. The van der Waals surface area contributed by atoms with E-state index in [0.29, 0.717) is 17.1 Å². The summed E-state index contributed by atoms with van der Waals surface area (Å²) in [7, 11) is 1.74. The van der Waals surface area contributed by atoms with Gasteiger partial charge in [-0.1, -0.05) is 27.7 Å². The van der Waals surface area contributed by atoms with Crippen LogP contribution in [0.4, 0.5) is 5.69 Å². The maximum atomic E-state index is 9.25. The highest BCUT2D eigenvalue weighted by Crippen LogP contribution is 2.53. The van der Waals surface area contributed by atoms with Crippen LogP contribution in [-0.4, -0.2) is 20.2 Å². The number of methoxy groups -OCH3 is 1. The van der Waals surface area contributed by atoms with Gasteiger partial charge in [-0.05, 0) is 66.5 Å². The predicted molar refractivity (Wildman–Crippen MR) is 131 cm³/mol. The molecule has 0 saturated heterocycles. The smallest absolute Gasteiger partial charge is 0.137 e. The number of rotatable bonds is 3. The van der Waals surface area contributed by atoms with Crippen molar-refractivity contribution in [3.05, 3.63) is 63.6 Å². The molecule has 3 aliphatic rings. The van der Waals surface area contributed by atoms with E-state index in [1.165, 1.54) is 16.8 Å². The summed E-state index contributed by atoms with van der Waals surface area (Å²) in [5.74, 6) is 2.13. The van der Waals surface area contributed by atoms with Crippen LogP contribution in [0.1, 0.15) is 64.2 Å². The number of ether oxygens (including phenoxy) is 2. The van der Waals surface area contributed by atoms with Gasteiger partial charge in [0.05, 0.1) is 7.11 Å². The minimum Gasteiger partial charge on any atom is -0.496 e. The minimum absolute atomic E-state index is 0.00747. The van der Waals surface area contributed by atoms with E-state index in [1.807, 2.05) is 31.2 Å². The van der Waals surface area contributed by atoms with Gasteiger partial charge in [-0.25, -0.2) is 0 Å². The zero-order chi connectivity index (χ0) is 24.0. The van der Waals surface area contributed by atoms with Crippen molar-refractivity contribution in [3.8, 4) is 17.9 Å². The van der Waals surface area contributed by atoms with Crippen molar-refractivity contribution in [2.45, 2.75) is 58.3 Å². The Morgan fingerprint density at radius 3 is 2.36 bits per heavy atom. The van der Waals surface area contributed by atoms with Crippen molar-refractivity contribution in [2.75, 3.05) is 25.1 Å². The normalized spacial score (nSPS) is 20.1. The second kappa shape index (κ2) is 8.16. The molecule has 0 radical (unpaired) electrons. The van der Waals surface area contributed by atoms with Gasteiger partial charge in [0.25, 0.3) is 0 Å². The van der Waals surface area contributed by atoms with Gasteiger partial charge in [-0.15, -0.1) is 0 Å². The summed E-state index contributed by atoms with van der Waals surface area (Å²) in [6, 6.07) is 6.18. The summed E-state index contributed by atoms with van der Waals surface area (Å²) in [5, 5.41) is 18.5. The number of benzene rings is 1. The average molecular weight is 442 g/mol. The van der Waals surface area contributed by atoms with Gasteiger partial charge in [0.1, 0.15) is 35.0 Å². The van der Waals surface area contributed by atoms with Crippen LogP contribution in [0.15, 0.2) is 47.0 Å². The largest absolute Gasteiger partial charge is 0.496 e. The summed E-state index contributed by atoms with van der Waals surface area (Å²) in [6.45, 7) is 13.2. The fourth-order valence-corrected chi connectivity index (χ4v) is 5.13. The molecule has 0 N–H and O–H groups in total. The molecule has 33 heavy (non-hydrogen) atoms. The van der Waals surface area contributed by atoms with Crippen molar-refractivity contribution in [2.24, 2.45) is 0 Å². The molecule has 0 bridgehead atoms. The van der Waals surface area contributed by atoms with E-state index in [2.05, 4.69) is 38.7 Å². The lowest BCUT2D eigenvalue weighted by Gasteiger charge is -2.48. The highest BCUT2D eigenvalue weighted by atomic mass is 16.5. The first-order chi connectivity index (χ1) is 15.6. The van der Waals surface area contributed by atoms with E-state index in [-0.39, 0.29) is 16.4 Å². The summed E-state index contributed by atoms with van der Waals surface area (Å²) >= 11 is 0. The molecule has 0 amide bonds. The fraction of sp³-hybridized carbons (Fsp3) is 0.429. The highest BCUT2D eigenvalue weighted by Gasteiger charge is 2.42. The molecule has 0 spiro atoms. The van der Waals surface area contributed by atoms with E-state index in [9.17, 15) is 10.5 Å². The number of anilines is 1. The van der Waals surface area contributed by atoms with Gasteiger partial charge in [-0.2, -0.15) is 10.5 Å². The quantitative estimate of drug-likeness (QED) is 0.535. The van der Waals surface area contributed by atoms with Crippen LogP contribution in [0.25, 0.3) is 6.08 Å². The molecule has 3 heterocycles. The topological polar surface area (TPSA) is 69.3 Å². The van der Waals surface area contributed by atoms with Crippen molar-refractivity contribution in [1.29, 1.82) is 10.5 Å². The summed E-state index contributed by atoms with van der Waals surface area (Å²) in [6.07, 6.45) is 9.56. The van der Waals surface area contributed by atoms with E-state index in [0.717, 1.165) is 37.2 Å². The molecule has 4 rings (SSSR count). The SMILES string of the molecule is COc1c(/C=C/C2=CC(=C(C#N)C#N)C=C(C)O2)cc2c3c1C(C)(C)CCN3CCC2(C)C. The minimum atomic E-state index is 0.00747. The molecular formula is C28H31N3O2. The van der Waals surface area contributed by atoms with E-state index in [1.54, 1.807) is 19.3 Å². The van der Waals surface area contributed by atoms with Gasteiger partial charge in [-0.3, -0.25) is 0 Å². The Morgan fingerprint density at radius 1 is 1.06 bits per heavy atom. The molecule has 3 aliphatic heterocycles. The molecular weight excluding hydrogens is 410 g/mol. The Labute approximate surface area is 196 Å². The molecule has 170 valence electrons. The third kappa shape index (κ3) is 3.93. The van der Waals surface area contributed by atoms with Crippen LogP contribution in [0.5, 0.6) is 5.75 Å². The highest BCUT2D eigenvalue weighted by molar-refractivity contribution is 5.78. The average Bonchev–Trinajstić information content (AvgIpc) is 2.76. The van der Waals surface area contributed by atoms with Gasteiger partial charge >= 0.3 is 0 Å². The Hall–Kier alpha value is -3.44. The maximum Gasteiger partial charge on any atom is 0.137 e. The summed E-state index contributed by atoms with van der Waals surface area (Å²) in [5.41, 5.74) is 5.73. The van der Waals surface area contributed by atoms with Crippen LogP contribution >= 0.6 is 0 Å².